The second-order valence-corrected chi connectivity index (χ2v) is 9.43. The lowest BCUT2D eigenvalue weighted by Crippen LogP contribution is -2.38. The van der Waals surface area contributed by atoms with Gasteiger partial charge in [-0.1, -0.05) is 72.4 Å². The minimum atomic E-state index is -1.76. The second-order valence-electron chi connectivity index (χ2n) is 7.97. The first-order valence-corrected chi connectivity index (χ1v) is 11.6. The molecule has 2 aromatic carbocycles. The molecule has 0 bridgehead atoms. The van der Waals surface area contributed by atoms with Crippen molar-refractivity contribution in [3.8, 4) is 0 Å². The Morgan fingerprint density at radius 3 is 1.94 bits per heavy atom. The quantitative estimate of drug-likeness (QED) is 0.330. The molecule has 1 spiro atoms. The molecule has 2 unspecified atom stereocenters. The maximum Gasteiger partial charge on any atom is 0.331 e. The number of esters is 3. The summed E-state index contributed by atoms with van der Waals surface area (Å²) in [6.07, 6.45) is 2.29. The van der Waals surface area contributed by atoms with E-state index >= 15 is 4.39 Å². The third kappa shape index (κ3) is 5.56. The van der Waals surface area contributed by atoms with Gasteiger partial charge in [-0.05, 0) is 23.3 Å². The van der Waals surface area contributed by atoms with E-state index in [4.69, 9.17) is 14.2 Å². The van der Waals surface area contributed by atoms with Crippen LogP contribution in [-0.4, -0.2) is 46.5 Å². The van der Waals surface area contributed by atoms with Crippen molar-refractivity contribution < 1.29 is 33.0 Å². The summed E-state index contributed by atoms with van der Waals surface area (Å²) < 4.78 is 30.2. The number of hydrogen-bond donors (Lipinski definition) is 0. The molecule has 1 aliphatic carbocycles. The maximum atomic E-state index is 15.2. The molecule has 34 heavy (non-hydrogen) atoms. The van der Waals surface area contributed by atoms with Gasteiger partial charge >= 0.3 is 17.9 Å². The maximum absolute atomic E-state index is 15.2. The highest BCUT2D eigenvalue weighted by atomic mass is 32.2. The summed E-state index contributed by atoms with van der Waals surface area (Å²) >= 11 is 1.02. The average molecular weight is 483 g/mol. The number of hydrogen-bond acceptors (Lipinski definition) is 7. The third-order valence-corrected chi connectivity index (χ3v) is 7.15. The van der Waals surface area contributed by atoms with E-state index in [1.54, 1.807) is 12.2 Å². The molecular formula is C26H23FO6S. The molecule has 2 fully saturated rings. The Bertz CT molecular complexity index is 1100. The summed E-state index contributed by atoms with van der Waals surface area (Å²) in [5.41, 5.74) is 0.459. The number of carbonyl (C=O) groups excluding carboxylic acids is 3. The first-order chi connectivity index (χ1) is 16.4. The van der Waals surface area contributed by atoms with E-state index in [0.29, 0.717) is 0 Å². The van der Waals surface area contributed by atoms with Gasteiger partial charge in [-0.3, -0.25) is 4.79 Å². The monoisotopic (exact) mass is 482 g/mol. The molecule has 2 aliphatic rings. The van der Waals surface area contributed by atoms with Crippen molar-refractivity contribution in [2.24, 2.45) is 0 Å². The first kappa shape index (κ1) is 23.8. The number of benzene rings is 2. The lowest BCUT2D eigenvalue weighted by Gasteiger charge is -2.20. The molecule has 1 aliphatic heterocycles. The number of thioether (sulfide) groups is 1. The van der Waals surface area contributed by atoms with Crippen LogP contribution < -0.4 is 0 Å². The van der Waals surface area contributed by atoms with Crippen LogP contribution in [0.1, 0.15) is 24.5 Å². The number of alkyl halides is 1. The smallest absolute Gasteiger partial charge is 0.331 e. The van der Waals surface area contributed by atoms with Gasteiger partial charge in [0.25, 0.3) is 0 Å². The van der Waals surface area contributed by atoms with Gasteiger partial charge in [-0.2, -0.15) is 0 Å². The van der Waals surface area contributed by atoms with Crippen molar-refractivity contribution in [3.63, 3.8) is 0 Å². The van der Waals surface area contributed by atoms with Crippen molar-refractivity contribution in [1.82, 2.24) is 0 Å². The Labute approximate surface area is 200 Å². The summed E-state index contributed by atoms with van der Waals surface area (Å²) in [5.74, 6) is -1.97. The van der Waals surface area contributed by atoms with Crippen LogP contribution >= 0.6 is 11.8 Å². The summed E-state index contributed by atoms with van der Waals surface area (Å²) in [6.45, 7) is 1.18. The highest BCUT2D eigenvalue weighted by Crippen LogP contribution is 2.62. The predicted molar refractivity (Wildman–Crippen MR) is 126 cm³/mol. The number of rotatable bonds is 7. The van der Waals surface area contributed by atoms with E-state index in [2.05, 4.69) is 0 Å². The van der Waals surface area contributed by atoms with Crippen molar-refractivity contribution >= 4 is 41.8 Å². The molecule has 0 N–H and O–H groups in total. The Morgan fingerprint density at radius 2 is 1.41 bits per heavy atom. The van der Waals surface area contributed by atoms with Gasteiger partial charge < -0.3 is 14.2 Å². The zero-order valence-electron chi connectivity index (χ0n) is 18.3. The summed E-state index contributed by atoms with van der Waals surface area (Å²) in [7, 11) is 0. The molecule has 1 saturated heterocycles. The van der Waals surface area contributed by atoms with Gasteiger partial charge in [0.05, 0.1) is 0 Å². The third-order valence-electron chi connectivity index (χ3n) is 5.46. The van der Waals surface area contributed by atoms with Gasteiger partial charge in [0.15, 0.2) is 17.7 Å². The zero-order valence-corrected chi connectivity index (χ0v) is 19.2. The van der Waals surface area contributed by atoms with Crippen LogP contribution in [0.3, 0.4) is 0 Å². The molecule has 4 rings (SSSR count). The molecule has 0 radical (unpaired) electrons. The Hall–Kier alpha value is -3.39. The molecule has 1 saturated carbocycles. The first-order valence-electron chi connectivity index (χ1n) is 10.7. The molecule has 176 valence electrons. The van der Waals surface area contributed by atoms with Gasteiger partial charge in [-0.15, -0.1) is 0 Å². The van der Waals surface area contributed by atoms with E-state index in [-0.39, 0.29) is 6.42 Å². The van der Waals surface area contributed by atoms with E-state index < -0.39 is 46.5 Å². The molecule has 8 heteroatoms. The van der Waals surface area contributed by atoms with Gasteiger partial charge in [0, 0.05) is 25.5 Å². The van der Waals surface area contributed by atoms with Gasteiger partial charge in [-0.25, -0.2) is 14.0 Å². The molecule has 1 heterocycles. The van der Waals surface area contributed by atoms with Gasteiger partial charge in [0.2, 0.25) is 0 Å². The predicted octanol–water partition coefficient (Wildman–Crippen LogP) is 4.35. The van der Waals surface area contributed by atoms with Crippen molar-refractivity contribution in [2.75, 3.05) is 0 Å². The molecule has 6 nitrogen and oxygen atoms in total. The Morgan fingerprint density at radius 1 is 0.882 bits per heavy atom. The highest BCUT2D eigenvalue weighted by molar-refractivity contribution is 8.01. The molecular weight excluding hydrogens is 459 g/mol. The van der Waals surface area contributed by atoms with Crippen molar-refractivity contribution in [2.45, 2.75) is 41.9 Å². The number of ether oxygens (including phenoxy) is 3. The Balaban J connectivity index is 1.44. The van der Waals surface area contributed by atoms with Crippen LogP contribution in [-0.2, 0) is 28.6 Å². The Kier molecular flexibility index (Phi) is 7.17. The fourth-order valence-electron chi connectivity index (χ4n) is 3.77. The zero-order chi connectivity index (χ0) is 24.1. The van der Waals surface area contributed by atoms with Crippen molar-refractivity contribution in [1.29, 1.82) is 0 Å². The van der Waals surface area contributed by atoms with Crippen LogP contribution in [0.25, 0.3) is 12.2 Å². The van der Waals surface area contributed by atoms with Crippen LogP contribution in [0, 0.1) is 0 Å². The molecule has 2 aromatic rings. The number of halogens is 1. The van der Waals surface area contributed by atoms with E-state index in [1.165, 1.54) is 19.1 Å². The van der Waals surface area contributed by atoms with Crippen LogP contribution in [0.4, 0.5) is 4.39 Å². The summed E-state index contributed by atoms with van der Waals surface area (Å²) in [5, 5.41) is 0. The lowest BCUT2D eigenvalue weighted by atomic mass is 10.1. The normalized spacial score (nSPS) is 27.7. The second kappa shape index (κ2) is 10.3. The van der Waals surface area contributed by atoms with Crippen molar-refractivity contribution in [3.05, 3.63) is 83.9 Å². The summed E-state index contributed by atoms with van der Waals surface area (Å²) in [6, 6.07) is 18.3. The van der Waals surface area contributed by atoms with E-state index in [0.717, 1.165) is 22.9 Å². The fourth-order valence-corrected chi connectivity index (χ4v) is 5.42. The minimum absolute atomic E-state index is 0.279. The topological polar surface area (TPSA) is 78.9 Å². The van der Waals surface area contributed by atoms with E-state index in [9.17, 15) is 14.4 Å². The largest absolute Gasteiger partial charge is 0.458 e. The molecule has 0 aromatic heterocycles. The number of carbonyl (C=O) groups is 3. The van der Waals surface area contributed by atoms with Crippen LogP contribution in [0.5, 0.6) is 0 Å². The standard InChI is InChI=1S/C26H23FO6S/c1-17(28)31-25-23(27)24(33-22(30)15-13-19-10-6-3-7-11-19)26(34-25)16-20(26)32-21(29)14-12-18-8-4-2-5-9-18/h2-15,20,23-25H,16H2,1H3/b14-12+,15-13+/t20?,23-,24-,25+,26?/m0/s1. The minimum Gasteiger partial charge on any atom is -0.458 e. The fraction of sp³-hybridized carbons (Fsp3) is 0.269. The van der Waals surface area contributed by atoms with Crippen LogP contribution in [0.2, 0.25) is 0 Å². The highest BCUT2D eigenvalue weighted by Gasteiger charge is 2.73. The van der Waals surface area contributed by atoms with Gasteiger partial charge in [0.1, 0.15) is 10.9 Å². The SMILES string of the molecule is CC(=O)O[C@@H]1SC2(CC2OC(=O)/C=C/c2ccccc2)[C@@H](OC(=O)/C=C/c2ccccc2)[C@@H]1F. The average Bonchev–Trinajstić information content (AvgIpc) is 3.45. The molecule has 0 amide bonds. The molecule has 5 atom stereocenters. The van der Waals surface area contributed by atoms with E-state index in [1.807, 2.05) is 60.7 Å². The van der Waals surface area contributed by atoms with Crippen LogP contribution in [0.15, 0.2) is 72.8 Å². The lowest BCUT2D eigenvalue weighted by molar-refractivity contribution is -0.152. The summed E-state index contributed by atoms with van der Waals surface area (Å²) in [4.78, 5) is 36.2.